The minimum absolute atomic E-state index is 0.0192. The Morgan fingerprint density at radius 3 is 2.07 bits per heavy atom. The highest BCUT2D eigenvalue weighted by Crippen LogP contribution is 2.38. The van der Waals surface area contributed by atoms with E-state index in [1.54, 1.807) is 6.92 Å². The van der Waals surface area contributed by atoms with Gasteiger partial charge in [-0.15, -0.1) is 0 Å². The maximum absolute atomic E-state index is 11.7. The topological polar surface area (TPSA) is 34.1 Å². The van der Waals surface area contributed by atoms with Crippen molar-refractivity contribution in [2.45, 2.75) is 45.4 Å². The van der Waals surface area contributed by atoms with Gasteiger partial charge in [0.15, 0.2) is 9.84 Å². The van der Waals surface area contributed by atoms with E-state index in [1.165, 1.54) is 25.7 Å². The molecule has 0 unspecified atom stereocenters. The van der Waals surface area contributed by atoms with E-state index in [9.17, 15) is 8.42 Å². The van der Waals surface area contributed by atoms with E-state index in [1.807, 2.05) is 0 Å². The Morgan fingerprint density at radius 2 is 1.67 bits per heavy atom. The number of halogens is 1. The summed E-state index contributed by atoms with van der Waals surface area (Å²) < 4.78 is 23.4. The largest absolute Gasteiger partial charge is 0.229 e. The van der Waals surface area contributed by atoms with Crippen molar-refractivity contribution in [1.29, 1.82) is 0 Å². The Morgan fingerprint density at radius 1 is 1.13 bits per heavy atom. The third kappa shape index (κ3) is 4.06. The van der Waals surface area contributed by atoms with Crippen LogP contribution in [0.5, 0.6) is 0 Å². The van der Waals surface area contributed by atoms with Gasteiger partial charge in [0.05, 0.1) is 5.75 Å². The third-order valence-electron chi connectivity index (χ3n) is 3.41. The molecule has 0 aromatic carbocycles. The van der Waals surface area contributed by atoms with Crippen LogP contribution in [0.2, 0.25) is 0 Å². The van der Waals surface area contributed by atoms with Crippen LogP contribution in [0.4, 0.5) is 0 Å². The molecule has 0 heterocycles. The molecule has 0 amide bonds. The number of alkyl halides is 1. The lowest BCUT2D eigenvalue weighted by Crippen LogP contribution is -2.32. The summed E-state index contributed by atoms with van der Waals surface area (Å²) in [6.45, 7) is 1.74. The predicted octanol–water partition coefficient (Wildman–Crippen LogP) is 3.16. The standard InChI is InChI=1S/C11H21BrO2S/c1-2-15(13,14)10-11(9-12)7-5-3-4-6-8-11/h2-10H2,1H3. The molecule has 0 bridgehead atoms. The number of sulfone groups is 1. The fraction of sp³-hybridized carbons (Fsp3) is 1.00. The first-order chi connectivity index (χ1) is 7.04. The summed E-state index contributed by atoms with van der Waals surface area (Å²) in [5.41, 5.74) is 0.0192. The molecule has 1 fully saturated rings. The smallest absolute Gasteiger partial charge is 0.150 e. The van der Waals surface area contributed by atoms with E-state index < -0.39 is 9.84 Å². The molecule has 1 aliphatic rings. The summed E-state index contributed by atoms with van der Waals surface area (Å²) in [5, 5.41) is 0.833. The Kier molecular flexibility index (Phi) is 5.10. The number of hydrogen-bond donors (Lipinski definition) is 0. The van der Waals surface area contributed by atoms with Crippen LogP contribution in [-0.2, 0) is 9.84 Å². The Balaban J connectivity index is 2.74. The van der Waals surface area contributed by atoms with Gasteiger partial charge in [0, 0.05) is 11.1 Å². The van der Waals surface area contributed by atoms with E-state index >= 15 is 0 Å². The lowest BCUT2D eigenvalue weighted by molar-refractivity contribution is 0.327. The molecule has 1 saturated carbocycles. The van der Waals surface area contributed by atoms with Crippen LogP contribution >= 0.6 is 15.9 Å². The SMILES string of the molecule is CCS(=O)(=O)CC1(CBr)CCCCCC1. The highest BCUT2D eigenvalue weighted by molar-refractivity contribution is 9.09. The number of rotatable bonds is 4. The zero-order chi connectivity index (χ0) is 11.4. The normalized spacial score (nSPS) is 22.3. The fourth-order valence-electron chi connectivity index (χ4n) is 2.36. The third-order valence-corrected chi connectivity index (χ3v) is 6.53. The van der Waals surface area contributed by atoms with Crippen LogP contribution in [0.25, 0.3) is 0 Å². The van der Waals surface area contributed by atoms with E-state index in [0.717, 1.165) is 18.2 Å². The molecule has 0 N–H and O–H groups in total. The molecule has 4 heteroatoms. The first-order valence-electron chi connectivity index (χ1n) is 5.80. The van der Waals surface area contributed by atoms with Gasteiger partial charge in [-0.1, -0.05) is 48.5 Å². The molecule has 0 aromatic heterocycles. The molecule has 0 aromatic rings. The molecular weight excluding hydrogens is 276 g/mol. The predicted molar refractivity (Wildman–Crippen MR) is 68.3 cm³/mol. The first-order valence-corrected chi connectivity index (χ1v) is 8.74. The van der Waals surface area contributed by atoms with Crippen molar-refractivity contribution in [1.82, 2.24) is 0 Å². The minimum Gasteiger partial charge on any atom is -0.229 e. The average molecular weight is 297 g/mol. The van der Waals surface area contributed by atoms with Gasteiger partial charge in [-0.05, 0) is 18.3 Å². The van der Waals surface area contributed by atoms with Crippen LogP contribution in [-0.4, -0.2) is 25.3 Å². The molecule has 0 spiro atoms. The van der Waals surface area contributed by atoms with Crippen LogP contribution in [0.1, 0.15) is 45.4 Å². The monoisotopic (exact) mass is 296 g/mol. The van der Waals surface area contributed by atoms with Crippen molar-refractivity contribution >= 4 is 25.8 Å². The second kappa shape index (κ2) is 5.67. The van der Waals surface area contributed by atoms with Gasteiger partial charge in [0.1, 0.15) is 0 Å². The Bertz CT molecular complexity index is 277. The van der Waals surface area contributed by atoms with Crippen LogP contribution in [0.3, 0.4) is 0 Å². The van der Waals surface area contributed by atoms with Gasteiger partial charge in [-0.3, -0.25) is 0 Å². The molecule has 2 nitrogen and oxygen atoms in total. The zero-order valence-corrected chi connectivity index (χ0v) is 11.9. The molecule has 0 saturated heterocycles. The molecule has 1 rings (SSSR count). The maximum atomic E-state index is 11.7. The Labute approximate surface area is 102 Å². The quantitative estimate of drug-likeness (QED) is 0.590. The average Bonchev–Trinajstić information content (AvgIpc) is 2.44. The van der Waals surface area contributed by atoms with Gasteiger partial charge in [0.2, 0.25) is 0 Å². The van der Waals surface area contributed by atoms with Gasteiger partial charge < -0.3 is 0 Å². The fourth-order valence-corrected chi connectivity index (χ4v) is 4.91. The molecular formula is C11H21BrO2S. The summed E-state index contributed by atoms with van der Waals surface area (Å²) in [6.07, 6.45) is 7.03. The van der Waals surface area contributed by atoms with Crippen molar-refractivity contribution < 1.29 is 8.42 Å². The highest BCUT2D eigenvalue weighted by Gasteiger charge is 2.34. The second-order valence-electron chi connectivity index (χ2n) is 4.72. The van der Waals surface area contributed by atoms with E-state index in [-0.39, 0.29) is 11.2 Å². The van der Waals surface area contributed by atoms with Crippen molar-refractivity contribution in [2.24, 2.45) is 5.41 Å². The van der Waals surface area contributed by atoms with Crippen molar-refractivity contribution in [3.05, 3.63) is 0 Å². The first kappa shape index (κ1) is 13.5. The van der Waals surface area contributed by atoms with Crippen molar-refractivity contribution in [3.8, 4) is 0 Å². The molecule has 1 aliphatic carbocycles. The summed E-state index contributed by atoms with van der Waals surface area (Å²) in [6, 6.07) is 0. The minimum atomic E-state index is -2.84. The summed E-state index contributed by atoms with van der Waals surface area (Å²) in [5.74, 6) is 0.656. The van der Waals surface area contributed by atoms with Crippen LogP contribution in [0, 0.1) is 5.41 Å². The van der Waals surface area contributed by atoms with Gasteiger partial charge >= 0.3 is 0 Å². The lowest BCUT2D eigenvalue weighted by atomic mass is 9.85. The summed E-state index contributed by atoms with van der Waals surface area (Å²) >= 11 is 3.52. The molecule has 0 radical (unpaired) electrons. The van der Waals surface area contributed by atoms with E-state index in [2.05, 4.69) is 15.9 Å². The van der Waals surface area contributed by atoms with Gasteiger partial charge in [0.25, 0.3) is 0 Å². The van der Waals surface area contributed by atoms with E-state index in [0.29, 0.717) is 5.75 Å². The summed E-state index contributed by atoms with van der Waals surface area (Å²) in [4.78, 5) is 0. The molecule has 0 atom stereocenters. The van der Waals surface area contributed by atoms with Crippen molar-refractivity contribution in [2.75, 3.05) is 16.8 Å². The van der Waals surface area contributed by atoms with Gasteiger partial charge in [-0.2, -0.15) is 0 Å². The van der Waals surface area contributed by atoms with Gasteiger partial charge in [-0.25, -0.2) is 8.42 Å². The van der Waals surface area contributed by atoms with Crippen LogP contribution in [0.15, 0.2) is 0 Å². The lowest BCUT2D eigenvalue weighted by Gasteiger charge is -2.30. The summed E-state index contributed by atoms with van der Waals surface area (Å²) in [7, 11) is -2.84. The Hall–Kier alpha value is 0.430. The second-order valence-corrected chi connectivity index (χ2v) is 7.64. The number of hydrogen-bond acceptors (Lipinski definition) is 2. The van der Waals surface area contributed by atoms with E-state index in [4.69, 9.17) is 0 Å². The van der Waals surface area contributed by atoms with Crippen molar-refractivity contribution in [3.63, 3.8) is 0 Å². The van der Waals surface area contributed by atoms with Crippen LogP contribution < -0.4 is 0 Å². The molecule has 0 aliphatic heterocycles. The highest BCUT2D eigenvalue weighted by atomic mass is 79.9. The zero-order valence-electron chi connectivity index (χ0n) is 9.47. The maximum Gasteiger partial charge on any atom is 0.150 e. The molecule has 15 heavy (non-hydrogen) atoms. The molecule has 90 valence electrons.